The Balaban J connectivity index is 1.41. The maximum atomic E-state index is 12.9. The van der Waals surface area contributed by atoms with E-state index in [2.05, 4.69) is 29.7 Å². The van der Waals surface area contributed by atoms with Gasteiger partial charge in [-0.2, -0.15) is 0 Å². The molecule has 1 aliphatic heterocycles. The summed E-state index contributed by atoms with van der Waals surface area (Å²) < 4.78 is 0. The molecule has 1 fully saturated rings. The zero-order valence-electron chi connectivity index (χ0n) is 16.3. The Labute approximate surface area is 169 Å². The first-order valence-corrected chi connectivity index (χ1v) is 9.72. The number of carbonyl (C=O) groups is 1. The summed E-state index contributed by atoms with van der Waals surface area (Å²) in [5.74, 6) is 1.28. The normalized spacial score (nSPS) is 14.0. The first-order valence-electron chi connectivity index (χ1n) is 9.72. The average Bonchev–Trinajstić information content (AvgIpc) is 2.81. The minimum absolute atomic E-state index is 0.101. The first-order chi connectivity index (χ1) is 14.3. The number of amides is 1. The smallest absolute Gasteiger partial charge is 0.261 e. The fraction of sp³-hybridized carbons (Fsp3) is 0.286. The van der Waals surface area contributed by atoms with Crippen LogP contribution in [0.3, 0.4) is 0 Å². The number of piperazine rings is 1. The van der Waals surface area contributed by atoms with Gasteiger partial charge in [-0.1, -0.05) is 18.2 Å². The lowest BCUT2D eigenvalue weighted by atomic mass is 10.2. The number of para-hydroxylation sites is 1. The molecule has 1 saturated heterocycles. The van der Waals surface area contributed by atoms with Crippen molar-refractivity contribution in [2.24, 2.45) is 0 Å². The predicted octanol–water partition coefficient (Wildman–Crippen LogP) is 2.26. The van der Waals surface area contributed by atoms with Gasteiger partial charge in [0, 0.05) is 63.2 Å². The lowest BCUT2D eigenvalue weighted by Crippen LogP contribution is -2.47. The largest absolute Gasteiger partial charge is 0.337 e. The molecule has 3 heterocycles. The highest BCUT2D eigenvalue weighted by Gasteiger charge is 2.22. The van der Waals surface area contributed by atoms with Crippen LogP contribution in [0.5, 0.6) is 0 Å². The van der Waals surface area contributed by atoms with Crippen LogP contribution >= 0.6 is 0 Å². The molecule has 0 spiro atoms. The van der Waals surface area contributed by atoms with Crippen LogP contribution < -0.4 is 14.7 Å². The maximum absolute atomic E-state index is 12.9. The van der Waals surface area contributed by atoms with Gasteiger partial charge in [0.15, 0.2) is 0 Å². The van der Waals surface area contributed by atoms with Crippen molar-refractivity contribution in [1.29, 1.82) is 0 Å². The molecule has 4 rings (SSSR count). The van der Waals surface area contributed by atoms with Gasteiger partial charge in [-0.15, -0.1) is 0 Å². The van der Waals surface area contributed by atoms with Crippen molar-refractivity contribution in [1.82, 2.24) is 19.9 Å². The molecule has 0 radical (unpaired) electrons. The van der Waals surface area contributed by atoms with E-state index < -0.39 is 0 Å². The number of aromatic nitrogens is 4. The fourth-order valence-electron chi connectivity index (χ4n) is 3.36. The molecule has 8 nitrogen and oxygen atoms in total. The summed E-state index contributed by atoms with van der Waals surface area (Å²) in [6.07, 6.45) is 6.73. The Morgan fingerprint density at radius 1 is 0.862 bits per heavy atom. The number of benzene rings is 1. The maximum Gasteiger partial charge on any atom is 0.261 e. The Morgan fingerprint density at radius 3 is 1.97 bits per heavy atom. The second-order valence-corrected chi connectivity index (χ2v) is 6.68. The number of hydrogen-bond acceptors (Lipinski definition) is 7. The van der Waals surface area contributed by atoms with Crippen LogP contribution in [0.4, 0.5) is 17.6 Å². The van der Waals surface area contributed by atoms with E-state index in [0.29, 0.717) is 18.1 Å². The lowest BCUT2D eigenvalue weighted by Gasteiger charge is -2.34. The summed E-state index contributed by atoms with van der Waals surface area (Å²) in [5.41, 5.74) is 1.35. The number of hydrogen-bond donors (Lipinski definition) is 0. The molecule has 2 aromatic heterocycles. The molecule has 0 bridgehead atoms. The molecule has 148 valence electrons. The summed E-state index contributed by atoms with van der Waals surface area (Å²) in [7, 11) is 0. The second-order valence-electron chi connectivity index (χ2n) is 6.68. The standard InChI is InChI=1S/C21H23N7O/c1-2-28(18-7-4-3-5-8-18)19(29)17-15-24-21(25-16-17)27-13-11-26(12-14-27)20-22-9-6-10-23-20/h3-10,15-16H,2,11-14H2,1H3. The number of nitrogens with zero attached hydrogens (tertiary/aromatic N) is 7. The summed E-state index contributed by atoms with van der Waals surface area (Å²) >= 11 is 0. The Kier molecular flexibility index (Phi) is 5.60. The average molecular weight is 389 g/mol. The Morgan fingerprint density at radius 2 is 1.41 bits per heavy atom. The third-order valence-corrected chi connectivity index (χ3v) is 4.91. The van der Waals surface area contributed by atoms with Gasteiger partial charge in [-0.05, 0) is 25.1 Å². The highest BCUT2D eigenvalue weighted by Crippen LogP contribution is 2.18. The summed E-state index contributed by atoms with van der Waals surface area (Å²) in [6, 6.07) is 11.4. The van der Waals surface area contributed by atoms with E-state index in [0.717, 1.165) is 37.8 Å². The zero-order chi connectivity index (χ0) is 20.1. The molecule has 0 N–H and O–H groups in total. The monoisotopic (exact) mass is 389 g/mol. The van der Waals surface area contributed by atoms with Gasteiger partial charge in [-0.25, -0.2) is 19.9 Å². The second kappa shape index (κ2) is 8.64. The van der Waals surface area contributed by atoms with Gasteiger partial charge in [0.25, 0.3) is 5.91 Å². The van der Waals surface area contributed by atoms with E-state index in [1.165, 1.54) is 0 Å². The van der Waals surface area contributed by atoms with Crippen LogP contribution in [-0.4, -0.2) is 58.6 Å². The first kappa shape index (κ1) is 18.8. The number of rotatable bonds is 5. The molecule has 3 aromatic rings. The molecule has 29 heavy (non-hydrogen) atoms. The van der Waals surface area contributed by atoms with Crippen molar-refractivity contribution in [2.45, 2.75) is 6.92 Å². The van der Waals surface area contributed by atoms with Crippen LogP contribution in [0.1, 0.15) is 17.3 Å². The van der Waals surface area contributed by atoms with Crippen LogP contribution in [0, 0.1) is 0 Å². The van der Waals surface area contributed by atoms with E-state index >= 15 is 0 Å². The van der Waals surface area contributed by atoms with Crippen LogP contribution in [0.25, 0.3) is 0 Å². The molecular formula is C21H23N7O. The molecule has 0 saturated carbocycles. The molecule has 1 aromatic carbocycles. The molecule has 0 atom stereocenters. The summed E-state index contributed by atoms with van der Waals surface area (Å²) in [5, 5.41) is 0. The quantitative estimate of drug-likeness (QED) is 0.662. The molecular weight excluding hydrogens is 366 g/mol. The minimum Gasteiger partial charge on any atom is -0.337 e. The Hall–Kier alpha value is -3.55. The van der Waals surface area contributed by atoms with Crippen molar-refractivity contribution < 1.29 is 4.79 Å². The number of anilines is 3. The molecule has 0 unspecified atom stereocenters. The predicted molar refractivity (Wildman–Crippen MR) is 112 cm³/mol. The minimum atomic E-state index is -0.101. The highest BCUT2D eigenvalue weighted by molar-refractivity contribution is 6.05. The fourth-order valence-corrected chi connectivity index (χ4v) is 3.36. The van der Waals surface area contributed by atoms with Crippen LogP contribution in [0.2, 0.25) is 0 Å². The van der Waals surface area contributed by atoms with E-state index in [4.69, 9.17) is 0 Å². The van der Waals surface area contributed by atoms with Crippen molar-refractivity contribution >= 4 is 23.5 Å². The SMILES string of the molecule is CCN(C(=O)c1cnc(N2CCN(c3ncccn3)CC2)nc1)c1ccccc1. The van der Waals surface area contributed by atoms with E-state index in [-0.39, 0.29) is 5.91 Å². The van der Waals surface area contributed by atoms with Gasteiger partial charge < -0.3 is 14.7 Å². The van der Waals surface area contributed by atoms with Gasteiger partial charge in [0.05, 0.1) is 5.56 Å². The van der Waals surface area contributed by atoms with Gasteiger partial charge >= 0.3 is 0 Å². The lowest BCUT2D eigenvalue weighted by molar-refractivity contribution is 0.0987. The summed E-state index contributed by atoms with van der Waals surface area (Å²) in [6.45, 7) is 5.68. The van der Waals surface area contributed by atoms with Gasteiger partial charge in [0.2, 0.25) is 11.9 Å². The van der Waals surface area contributed by atoms with Crippen molar-refractivity contribution in [3.8, 4) is 0 Å². The van der Waals surface area contributed by atoms with Crippen LogP contribution in [-0.2, 0) is 0 Å². The van der Waals surface area contributed by atoms with Crippen molar-refractivity contribution in [2.75, 3.05) is 47.4 Å². The van der Waals surface area contributed by atoms with Crippen molar-refractivity contribution in [3.05, 3.63) is 66.7 Å². The highest BCUT2D eigenvalue weighted by atomic mass is 16.2. The molecule has 0 aliphatic carbocycles. The Bertz CT molecular complexity index is 926. The molecule has 1 aliphatic rings. The third kappa shape index (κ3) is 4.16. The van der Waals surface area contributed by atoms with E-state index in [1.807, 2.05) is 43.3 Å². The third-order valence-electron chi connectivity index (χ3n) is 4.91. The van der Waals surface area contributed by atoms with Gasteiger partial charge in [0.1, 0.15) is 0 Å². The molecule has 1 amide bonds. The van der Waals surface area contributed by atoms with Crippen LogP contribution in [0.15, 0.2) is 61.2 Å². The van der Waals surface area contributed by atoms with E-state index in [9.17, 15) is 4.79 Å². The summed E-state index contributed by atoms with van der Waals surface area (Å²) in [4.78, 5) is 36.4. The zero-order valence-corrected chi connectivity index (χ0v) is 16.3. The van der Waals surface area contributed by atoms with Gasteiger partial charge in [-0.3, -0.25) is 4.79 Å². The number of carbonyl (C=O) groups excluding carboxylic acids is 1. The molecule has 8 heteroatoms. The topological polar surface area (TPSA) is 78.4 Å². The van der Waals surface area contributed by atoms with Crippen molar-refractivity contribution in [3.63, 3.8) is 0 Å². The van der Waals surface area contributed by atoms with E-state index in [1.54, 1.807) is 29.7 Å².